The van der Waals surface area contributed by atoms with Gasteiger partial charge in [0, 0.05) is 11.3 Å². The van der Waals surface area contributed by atoms with Crippen LogP contribution in [0.5, 0.6) is 0 Å². The number of aliphatic hydroxyl groups is 1. The molecule has 2 heterocycles. The monoisotopic (exact) mass is 269 g/mol. The molecule has 0 fully saturated rings. The average molecular weight is 269 g/mol. The molecule has 0 aliphatic carbocycles. The van der Waals surface area contributed by atoms with Gasteiger partial charge in [-0.15, -0.1) is 16.4 Å². The number of rotatable bonds is 4. The van der Waals surface area contributed by atoms with Gasteiger partial charge >= 0.3 is 0 Å². The third-order valence-electron chi connectivity index (χ3n) is 2.66. The van der Waals surface area contributed by atoms with Crippen LogP contribution >= 0.6 is 22.9 Å². The van der Waals surface area contributed by atoms with Crippen LogP contribution < -0.4 is 0 Å². The molecule has 2 rings (SSSR count). The Kier molecular flexibility index (Phi) is 3.86. The predicted octanol–water partition coefficient (Wildman–Crippen LogP) is 2.45. The highest BCUT2D eigenvalue weighted by Gasteiger charge is 2.18. The van der Waals surface area contributed by atoms with Gasteiger partial charge in [0.05, 0.1) is 27.4 Å². The van der Waals surface area contributed by atoms with Gasteiger partial charge in [0.15, 0.2) is 0 Å². The Hall–Kier alpha value is -0.850. The van der Waals surface area contributed by atoms with Crippen LogP contribution in [0.15, 0.2) is 0 Å². The first-order chi connectivity index (χ1) is 8.11. The van der Waals surface area contributed by atoms with E-state index in [1.807, 2.05) is 13.8 Å². The molecule has 0 aliphatic heterocycles. The maximum atomic E-state index is 10.2. The molecule has 0 saturated carbocycles. The van der Waals surface area contributed by atoms with Crippen molar-refractivity contribution in [2.75, 3.05) is 0 Å². The average Bonchev–Trinajstić information content (AvgIpc) is 2.86. The van der Waals surface area contributed by atoms with Gasteiger partial charge in [-0.2, -0.15) is 0 Å². The number of hydrogen-bond donors (Lipinski definition) is 1. The fourth-order valence-electron chi connectivity index (χ4n) is 1.60. The van der Waals surface area contributed by atoms with E-state index < -0.39 is 6.10 Å². The van der Waals surface area contributed by atoms with E-state index in [0.29, 0.717) is 6.42 Å². The van der Waals surface area contributed by atoms with Gasteiger partial charge in [-0.3, -0.25) is 0 Å². The lowest BCUT2D eigenvalue weighted by Crippen LogP contribution is -2.02. The number of aromatic nitrogens is 3. The molecular formula is C11H15N3OS2. The van der Waals surface area contributed by atoms with Crippen molar-refractivity contribution < 1.29 is 5.11 Å². The molecule has 0 bridgehead atoms. The molecule has 6 heteroatoms. The minimum Gasteiger partial charge on any atom is -0.387 e. The normalized spacial score (nSPS) is 12.9. The van der Waals surface area contributed by atoms with E-state index in [9.17, 15) is 5.11 Å². The summed E-state index contributed by atoms with van der Waals surface area (Å²) < 4.78 is 3.89. The Bertz CT molecular complexity index is 487. The molecular weight excluding hydrogens is 254 g/mol. The molecule has 1 atom stereocenters. The van der Waals surface area contributed by atoms with Crippen LogP contribution in [-0.4, -0.2) is 19.7 Å². The lowest BCUT2D eigenvalue weighted by Gasteiger charge is -2.06. The molecule has 0 spiro atoms. The van der Waals surface area contributed by atoms with E-state index in [1.54, 1.807) is 11.3 Å². The van der Waals surface area contributed by atoms with Crippen LogP contribution in [0, 0.1) is 13.8 Å². The van der Waals surface area contributed by atoms with Crippen molar-refractivity contribution in [3.63, 3.8) is 0 Å². The number of thiazole rings is 1. The molecule has 0 saturated heterocycles. The summed E-state index contributed by atoms with van der Waals surface area (Å²) >= 11 is 2.92. The van der Waals surface area contributed by atoms with Gasteiger partial charge < -0.3 is 5.11 Å². The fourth-order valence-corrected chi connectivity index (χ4v) is 3.29. The minimum atomic E-state index is -0.533. The van der Waals surface area contributed by atoms with E-state index in [-0.39, 0.29) is 0 Å². The molecule has 2 aromatic rings. The topological polar surface area (TPSA) is 58.9 Å². The van der Waals surface area contributed by atoms with Crippen LogP contribution in [0.25, 0.3) is 0 Å². The first-order valence-electron chi connectivity index (χ1n) is 5.54. The Morgan fingerprint density at radius 2 is 2.12 bits per heavy atom. The third-order valence-corrected chi connectivity index (χ3v) is 4.63. The first-order valence-corrected chi connectivity index (χ1v) is 7.12. The summed E-state index contributed by atoms with van der Waals surface area (Å²) in [5.41, 5.74) is 1.95. The zero-order valence-electron chi connectivity index (χ0n) is 10.1. The van der Waals surface area contributed by atoms with Gasteiger partial charge in [0.1, 0.15) is 0 Å². The fraction of sp³-hybridized carbons (Fsp3) is 0.545. The van der Waals surface area contributed by atoms with Crippen molar-refractivity contribution >= 4 is 22.9 Å². The maximum Gasteiger partial charge on any atom is 0.0980 e. The van der Waals surface area contributed by atoms with Gasteiger partial charge in [-0.1, -0.05) is 11.4 Å². The second kappa shape index (κ2) is 5.20. The largest absolute Gasteiger partial charge is 0.387 e. The second-order valence-corrected chi connectivity index (χ2v) is 5.98. The van der Waals surface area contributed by atoms with Crippen molar-refractivity contribution in [1.29, 1.82) is 0 Å². The molecule has 0 aromatic carbocycles. The van der Waals surface area contributed by atoms with Gasteiger partial charge in [-0.05, 0) is 31.8 Å². The summed E-state index contributed by atoms with van der Waals surface area (Å²) in [6.45, 7) is 6.06. The van der Waals surface area contributed by atoms with Gasteiger partial charge in [-0.25, -0.2) is 4.98 Å². The zero-order chi connectivity index (χ0) is 12.4. The Morgan fingerprint density at radius 3 is 2.71 bits per heavy atom. The summed E-state index contributed by atoms with van der Waals surface area (Å²) in [6.07, 6.45) is 0.824. The zero-order valence-corrected chi connectivity index (χ0v) is 11.7. The molecule has 1 unspecified atom stereocenters. The van der Waals surface area contributed by atoms with Gasteiger partial charge in [0.2, 0.25) is 0 Å². The molecule has 4 nitrogen and oxygen atoms in total. The summed E-state index contributed by atoms with van der Waals surface area (Å²) in [5.74, 6) is 0. The molecule has 0 radical (unpaired) electrons. The summed E-state index contributed by atoms with van der Waals surface area (Å²) in [6, 6.07) is 0. The molecule has 17 heavy (non-hydrogen) atoms. The molecule has 1 N–H and O–H groups in total. The minimum absolute atomic E-state index is 0.533. The summed E-state index contributed by atoms with van der Waals surface area (Å²) in [5, 5.41) is 15.2. The maximum absolute atomic E-state index is 10.2. The number of nitrogens with zero attached hydrogens (tertiary/aromatic N) is 3. The Morgan fingerprint density at radius 1 is 1.35 bits per heavy atom. The number of aliphatic hydroxyl groups excluding tert-OH is 1. The van der Waals surface area contributed by atoms with Crippen LogP contribution in [0.1, 0.15) is 39.2 Å². The van der Waals surface area contributed by atoms with Crippen molar-refractivity contribution in [3.05, 3.63) is 26.1 Å². The van der Waals surface area contributed by atoms with Gasteiger partial charge in [0.25, 0.3) is 0 Å². The highest BCUT2D eigenvalue weighted by atomic mass is 32.1. The summed E-state index contributed by atoms with van der Waals surface area (Å²) in [4.78, 5) is 6.52. The van der Waals surface area contributed by atoms with Crippen LogP contribution in [0.3, 0.4) is 0 Å². The van der Waals surface area contributed by atoms with Crippen LogP contribution in [-0.2, 0) is 12.8 Å². The van der Waals surface area contributed by atoms with E-state index in [4.69, 9.17) is 0 Å². The highest BCUT2D eigenvalue weighted by Crippen LogP contribution is 2.26. The van der Waals surface area contributed by atoms with Crippen molar-refractivity contribution in [2.45, 2.75) is 39.7 Å². The second-order valence-electron chi connectivity index (χ2n) is 3.91. The highest BCUT2D eigenvalue weighted by molar-refractivity contribution is 7.11. The van der Waals surface area contributed by atoms with E-state index in [2.05, 4.69) is 21.5 Å². The Labute approximate surface area is 109 Å². The van der Waals surface area contributed by atoms with Crippen molar-refractivity contribution in [1.82, 2.24) is 14.6 Å². The SMILES string of the molecule is CCc1nnsc1C(O)Cc1nc(C)c(C)s1. The molecule has 92 valence electrons. The number of aryl methyl sites for hydroxylation is 3. The van der Waals surface area contributed by atoms with Crippen LogP contribution in [0.2, 0.25) is 0 Å². The lowest BCUT2D eigenvalue weighted by atomic mass is 10.1. The van der Waals surface area contributed by atoms with E-state index in [0.717, 1.165) is 27.7 Å². The van der Waals surface area contributed by atoms with E-state index >= 15 is 0 Å². The van der Waals surface area contributed by atoms with E-state index in [1.165, 1.54) is 16.4 Å². The quantitative estimate of drug-likeness (QED) is 0.926. The third kappa shape index (κ3) is 2.70. The molecule has 0 aliphatic rings. The molecule has 0 amide bonds. The van der Waals surface area contributed by atoms with Crippen molar-refractivity contribution in [2.24, 2.45) is 0 Å². The Balaban J connectivity index is 2.14. The standard InChI is InChI=1S/C11H15N3OS2/c1-4-8-11(17-14-13-8)9(15)5-10-12-6(2)7(3)16-10/h9,15H,4-5H2,1-3H3. The van der Waals surface area contributed by atoms with Crippen molar-refractivity contribution in [3.8, 4) is 0 Å². The first kappa shape index (κ1) is 12.6. The van der Waals surface area contributed by atoms with Crippen LogP contribution in [0.4, 0.5) is 0 Å². The smallest absolute Gasteiger partial charge is 0.0980 e. The summed E-state index contributed by atoms with van der Waals surface area (Å²) in [7, 11) is 0. The lowest BCUT2D eigenvalue weighted by molar-refractivity contribution is 0.181. The molecule has 2 aromatic heterocycles. The number of hydrogen-bond acceptors (Lipinski definition) is 6. The predicted molar refractivity (Wildman–Crippen MR) is 69.5 cm³/mol.